The van der Waals surface area contributed by atoms with E-state index in [1.807, 2.05) is 13.0 Å². The zero-order chi connectivity index (χ0) is 15.7. The highest BCUT2D eigenvalue weighted by molar-refractivity contribution is 7.95. The molecule has 1 aliphatic rings. The summed E-state index contributed by atoms with van der Waals surface area (Å²) in [4.78, 5) is 11.8. The van der Waals surface area contributed by atoms with Gasteiger partial charge in [0.1, 0.15) is 6.54 Å². The molecule has 1 fully saturated rings. The minimum atomic E-state index is -3.77. The Hall–Kier alpha value is -1.75. The highest BCUT2D eigenvalue weighted by Crippen LogP contribution is 2.48. The quantitative estimate of drug-likeness (QED) is 0.807. The molecule has 1 aliphatic heterocycles. The third kappa shape index (κ3) is 2.77. The number of rotatable bonds is 3. The van der Waals surface area contributed by atoms with Gasteiger partial charge in [-0.25, -0.2) is 8.42 Å². The van der Waals surface area contributed by atoms with Gasteiger partial charge in [0.25, 0.3) is 0 Å². The first-order valence-corrected chi connectivity index (χ1v) is 9.29. The molecule has 2 aromatic rings. The summed E-state index contributed by atoms with van der Waals surface area (Å²) >= 11 is 0. The Balaban J connectivity index is 2.01. The molecule has 5 nitrogen and oxygen atoms in total. The van der Waals surface area contributed by atoms with E-state index in [9.17, 15) is 13.2 Å². The molecule has 1 unspecified atom stereocenters. The number of carbonyl (C=O) groups is 1. The standard InChI is InChI=1S/C15H14NO4PS/c1-12-7-9-14(10-8-12)22(18,19)16-11-15(17)20-21(16)13-5-3-2-4-6-13/h2-10H,11H2,1H3. The van der Waals surface area contributed by atoms with Crippen LogP contribution in [0.4, 0.5) is 0 Å². The Morgan fingerprint density at radius 1 is 1.05 bits per heavy atom. The third-order valence-corrected chi connectivity index (χ3v) is 7.53. The molecule has 22 heavy (non-hydrogen) atoms. The van der Waals surface area contributed by atoms with E-state index in [0.29, 0.717) is 5.30 Å². The van der Waals surface area contributed by atoms with E-state index >= 15 is 0 Å². The fourth-order valence-corrected chi connectivity index (χ4v) is 5.92. The first kappa shape index (κ1) is 15.2. The van der Waals surface area contributed by atoms with Gasteiger partial charge >= 0.3 is 5.97 Å². The summed E-state index contributed by atoms with van der Waals surface area (Å²) in [5.41, 5.74) is 0.970. The molecule has 0 amide bonds. The Kier molecular flexibility index (Phi) is 4.00. The van der Waals surface area contributed by atoms with E-state index in [0.717, 1.165) is 9.64 Å². The first-order valence-electron chi connectivity index (χ1n) is 6.64. The van der Waals surface area contributed by atoms with E-state index in [4.69, 9.17) is 4.52 Å². The van der Waals surface area contributed by atoms with E-state index in [-0.39, 0.29) is 11.4 Å². The molecule has 1 saturated heterocycles. The average Bonchev–Trinajstić information content (AvgIpc) is 2.91. The van der Waals surface area contributed by atoms with Gasteiger partial charge < -0.3 is 4.52 Å². The van der Waals surface area contributed by atoms with Crippen LogP contribution in [0.2, 0.25) is 0 Å². The summed E-state index contributed by atoms with van der Waals surface area (Å²) in [5, 5.41) is 0.694. The summed E-state index contributed by atoms with van der Waals surface area (Å²) in [6, 6.07) is 15.5. The van der Waals surface area contributed by atoms with Gasteiger partial charge in [-0.15, -0.1) is 4.08 Å². The molecule has 0 aromatic heterocycles. The summed E-state index contributed by atoms with van der Waals surface area (Å²) in [6.07, 6.45) is 0. The monoisotopic (exact) mass is 335 g/mol. The Labute approximate surface area is 130 Å². The maximum Gasteiger partial charge on any atom is 0.325 e. The molecule has 114 valence electrons. The van der Waals surface area contributed by atoms with Crippen LogP contribution in [0.1, 0.15) is 5.56 Å². The number of aryl methyl sites for hydroxylation is 1. The average molecular weight is 335 g/mol. The zero-order valence-corrected chi connectivity index (χ0v) is 13.5. The summed E-state index contributed by atoms with van der Waals surface area (Å²) in [7, 11) is -5.44. The molecule has 0 N–H and O–H groups in total. The van der Waals surface area contributed by atoms with Crippen LogP contribution < -0.4 is 5.30 Å². The summed E-state index contributed by atoms with van der Waals surface area (Å²) in [5.74, 6) is -0.523. The number of hydrogen-bond acceptors (Lipinski definition) is 4. The molecule has 0 bridgehead atoms. The molecule has 7 heteroatoms. The van der Waals surface area contributed by atoms with Gasteiger partial charge in [0.15, 0.2) is 0 Å². The number of carbonyl (C=O) groups excluding carboxylic acids is 1. The van der Waals surface area contributed by atoms with Crippen molar-refractivity contribution in [3.63, 3.8) is 0 Å². The Morgan fingerprint density at radius 2 is 1.68 bits per heavy atom. The first-order chi connectivity index (χ1) is 10.5. The van der Waals surface area contributed by atoms with Gasteiger partial charge in [-0.2, -0.15) is 0 Å². The second kappa shape index (κ2) is 5.80. The van der Waals surface area contributed by atoms with Crippen LogP contribution in [0.15, 0.2) is 59.5 Å². The lowest BCUT2D eigenvalue weighted by molar-refractivity contribution is -0.130. The molecule has 3 rings (SSSR count). The second-order valence-corrected chi connectivity index (χ2v) is 8.73. The van der Waals surface area contributed by atoms with Crippen LogP contribution in [0.25, 0.3) is 0 Å². The SMILES string of the molecule is Cc1ccc(S(=O)(=O)N2CC(=O)OP2c2ccccc2)cc1. The fourth-order valence-electron chi connectivity index (χ4n) is 2.10. The van der Waals surface area contributed by atoms with Crippen molar-refractivity contribution in [3.05, 3.63) is 60.2 Å². The van der Waals surface area contributed by atoms with E-state index in [2.05, 4.69) is 0 Å². The van der Waals surface area contributed by atoms with Crippen LogP contribution in [0.3, 0.4) is 0 Å². The number of nitrogens with zero attached hydrogens (tertiary/aromatic N) is 1. The molecule has 0 aliphatic carbocycles. The van der Waals surface area contributed by atoms with E-state index in [1.54, 1.807) is 48.5 Å². The number of hydrogen-bond donors (Lipinski definition) is 0. The van der Waals surface area contributed by atoms with Crippen molar-refractivity contribution in [2.24, 2.45) is 0 Å². The third-order valence-electron chi connectivity index (χ3n) is 3.23. The summed E-state index contributed by atoms with van der Waals surface area (Å²) < 4.78 is 32.0. The van der Waals surface area contributed by atoms with Gasteiger partial charge in [-0.1, -0.05) is 35.9 Å². The topological polar surface area (TPSA) is 63.7 Å². The second-order valence-electron chi connectivity index (χ2n) is 4.87. The smallest absolute Gasteiger partial charge is 0.325 e. The normalized spacial score (nSPS) is 19.1. The lowest BCUT2D eigenvalue weighted by Crippen LogP contribution is -2.27. The maximum atomic E-state index is 12.8. The highest BCUT2D eigenvalue weighted by Gasteiger charge is 2.43. The molecule has 0 spiro atoms. The number of benzene rings is 2. The van der Waals surface area contributed by atoms with Gasteiger partial charge in [-0.3, -0.25) is 4.79 Å². The maximum absolute atomic E-state index is 12.8. The molecule has 0 radical (unpaired) electrons. The summed E-state index contributed by atoms with van der Waals surface area (Å²) in [6.45, 7) is 1.63. The van der Waals surface area contributed by atoms with Crippen LogP contribution in [-0.2, 0) is 19.3 Å². The van der Waals surface area contributed by atoms with Crippen molar-refractivity contribution >= 4 is 29.6 Å². The number of sulfonamides is 1. The van der Waals surface area contributed by atoms with Crippen LogP contribution >= 0.6 is 8.30 Å². The largest absolute Gasteiger partial charge is 0.422 e. The van der Waals surface area contributed by atoms with Crippen molar-refractivity contribution in [3.8, 4) is 0 Å². The molecular weight excluding hydrogens is 321 g/mol. The minimum Gasteiger partial charge on any atom is -0.422 e. The van der Waals surface area contributed by atoms with E-state index in [1.165, 1.54) is 0 Å². The molecule has 1 atom stereocenters. The molecule has 0 saturated carbocycles. The van der Waals surface area contributed by atoms with Crippen molar-refractivity contribution in [2.45, 2.75) is 11.8 Å². The lowest BCUT2D eigenvalue weighted by Gasteiger charge is -2.20. The predicted molar refractivity (Wildman–Crippen MR) is 84.2 cm³/mol. The fraction of sp³-hybridized carbons (Fsp3) is 0.133. The van der Waals surface area contributed by atoms with Gasteiger partial charge in [0, 0.05) is 5.30 Å². The van der Waals surface area contributed by atoms with E-state index < -0.39 is 24.3 Å². The van der Waals surface area contributed by atoms with Crippen molar-refractivity contribution in [1.29, 1.82) is 0 Å². The minimum absolute atomic E-state index is 0.167. The Bertz CT molecular complexity index is 790. The zero-order valence-electron chi connectivity index (χ0n) is 11.8. The lowest BCUT2D eigenvalue weighted by atomic mass is 10.2. The van der Waals surface area contributed by atoms with Crippen LogP contribution in [0.5, 0.6) is 0 Å². The van der Waals surface area contributed by atoms with Gasteiger partial charge in [0.05, 0.1) is 4.90 Å². The van der Waals surface area contributed by atoms with Gasteiger partial charge in [-0.05, 0) is 31.2 Å². The van der Waals surface area contributed by atoms with Crippen LogP contribution in [0, 0.1) is 6.92 Å². The van der Waals surface area contributed by atoms with Crippen molar-refractivity contribution in [1.82, 2.24) is 4.08 Å². The predicted octanol–water partition coefficient (Wildman–Crippen LogP) is 2.18. The van der Waals surface area contributed by atoms with Gasteiger partial charge in [0.2, 0.25) is 18.3 Å². The highest BCUT2D eigenvalue weighted by atomic mass is 32.2. The van der Waals surface area contributed by atoms with Crippen molar-refractivity contribution < 1.29 is 17.7 Å². The molecule has 2 aromatic carbocycles. The van der Waals surface area contributed by atoms with Crippen molar-refractivity contribution in [2.75, 3.05) is 6.54 Å². The molecular formula is C15H14NO4PS. The van der Waals surface area contributed by atoms with Crippen LogP contribution in [-0.4, -0.2) is 25.0 Å². The Morgan fingerprint density at radius 3 is 2.32 bits per heavy atom. The molecule has 1 heterocycles.